The van der Waals surface area contributed by atoms with Crippen LogP contribution in [0.25, 0.3) is 0 Å². The minimum absolute atomic E-state index is 0.0113. The first kappa shape index (κ1) is 14.7. The summed E-state index contributed by atoms with van der Waals surface area (Å²) in [6.07, 6.45) is 3.20. The molecule has 5 nitrogen and oxygen atoms in total. The lowest BCUT2D eigenvalue weighted by atomic mass is 9.83. The molecular weight excluding hydrogens is 324 g/mol. The number of fused-ring (bicyclic) bond motifs is 3. The summed E-state index contributed by atoms with van der Waals surface area (Å²) in [7, 11) is 0. The molecular formula is C18H20N2O3S. The SMILES string of the molecule is CC1CCC2=C(C1)SC1NC(c3ccc4c(c3)OCO4)NC(=O)C21. The van der Waals surface area contributed by atoms with Crippen molar-refractivity contribution in [3.8, 4) is 11.5 Å². The molecule has 0 bridgehead atoms. The van der Waals surface area contributed by atoms with Crippen molar-refractivity contribution in [3.05, 3.63) is 34.2 Å². The van der Waals surface area contributed by atoms with E-state index in [9.17, 15) is 4.79 Å². The Kier molecular flexibility index (Phi) is 3.31. The molecule has 4 unspecified atom stereocenters. The number of nitrogens with one attached hydrogen (secondary N) is 2. The van der Waals surface area contributed by atoms with Crippen LogP contribution >= 0.6 is 11.8 Å². The van der Waals surface area contributed by atoms with Crippen LogP contribution in [0.15, 0.2) is 28.7 Å². The van der Waals surface area contributed by atoms with Crippen LogP contribution in [0, 0.1) is 11.8 Å². The largest absolute Gasteiger partial charge is 0.454 e. The van der Waals surface area contributed by atoms with Gasteiger partial charge >= 0.3 is 0 Å². The first-order chi connectivity index (χ1) is 11.7. The van der Waals surface area contributed by atoms with Crippen molar-refractivity contribution in [3.63, 3.8) is 0 Å². The van der Waals surface area contributed by atoms with Gasteiger partial charge in [-0.3, -0.25) is 10.1 Å². The van der Waals surface area contributed by atoms with Crippen LogP contribution in [-0.4, -0.2) is 18.1 Å². The van der Waals surface area contributed by atoms with E-state index in [1.165, 1.54) is 16.9 Å². The van der Waals surface area contributed by atoms with Gasteiger partial charge in [0.2, 0.25) is 12.7 Å². The van der Waals surface area contributed by atoms with Crippen molar-refractivity contribution in [2.75, 3.05) is 6.79 Å². The van der Waals surface area contributed by atoms with Crippen LogP contribution in [0.5, 0.6) is 11.5 Å². The molecule has 1 amide bonds. The Bertz CT molecular complexity index is 748. The van der Waals surface area contributed by atoms with Crippen molar-refractivity contribution in [2.24, 2.45) is 11.8 Å². The number of hydrogen-bond acceptors (Lipinski definition) is 5. The first-order valence-electron chi connectivity index (χ1n) is 8.53. The second kappa shape index (κ2) is 5.43. The molecule has 1 fully saturated rings. The third-order valence-electron chi connectivity index (χ3n) is 5.38. The fourth-order valence-corrected chi connectivity index (χ4v) is 5.78. The third kappa shape index (κ3) is 2.24. The van der Waals surface area contributed by atoms with Crippen molar-refractivity contribution < 1.29 is 14.3 Å². The minimum atomic E-state index is -0.181. The van der Waals surface area contributed by atoms with Crippen LogP contribution in [0.1, 0.15) is 37.9 Å². The highest BCUT2D eigenvalue weighted by Crippen LogP contribution is 2.51. The number of hydrogen-bond donors (Lipinski definition) is 2. The van der Waals surface area contributed by atoms with E-state index < -0.39 is 0 Å². The van der Waals surface area contributed by atoms with Gasteiger partial charge in [-0.1, -0.05) is 13.0 Å². The van der Waals surface area contributed by atoms with Crippen LogP contribution in [-0.2, 0) is 4.79 Å². The number of carbonyl (C=O) groups is 1. The third-order valence-corrected chi connectivity index (χ3v) is 6.75. The van der Waals surface area contributed by atoms with Gasteiger partial charge in [0, 0.05) is 0 Å². The fraction of sp³-hybridized carbons (Fsp3) is 0.500. The summed E-state index contributed by atoms with van der Waals surface area (Å²) in [4.78, 5) is 14.2. The summed E-state index contributed by atoms with van der Waals surface area (Å²) in [5.74, 6) is 2.37. The number of amides is 1. The number of allylic oxidation sites excluding steroid dienone is 1. The summed E-state index contributed by atoms with van der Waals surface area (Å²) in [5, 5.41) is 6.91. The molecule has 0 aromatic heterocycles. The number of thioether (sulfide) groups is 1. The number of ether oxygens (including phenoxy) is 2. The van der Waals surface area contributed by atoms with Crippen molar-refractivity contribution in [1.29, 1.82) is 0 Å². The summed E-state index contributed by atoms with van der Waals surface area (Å²) >= 11 is 1.86. The zero-order chi connectivity index (χ0) is 16.3. The lowest BCUT2D eigenvalue weighted by molar-refractivity contribution is -0.127. The highest BCUT2D eigenvalue weighted by molar-refractivity contribution is 8.04. The molecule has 5 rings (SSSR count). The normalized spacial score (nSPS) is 34.0. The van der Waals surface area contributed by atoms with Crippen molar-refractivity contribution in [2.45, 2.75) is 37.7 Å². The average Bonchev–Trinajstić information content (AvgIpc) is 3.17. The van der Waals surface area contributed by atoms with Gasteiger partial charge in [-0.25, -0.2) is 0 Å². The molecule has 126 valence electrons. The Hall–Kier alpha value is -1.66. The van der Waals surface area contributed by atoms with E-state index in [1.54, 1.807) is 0 Å². The Labute approximate surface area is 145 Å². The van der Waals surface area contributed by atoms with Crippen LogP contribution in [0.3, 0.4) is 0 Å². The molecule has 1 saturated heterocycles. The van der Waals surface area contributed by atoms with Crippen LogP contribution < -0.4 is 20.1 Å². The van der Waals surface area contributed by atoms with E-state index in [4.69, 9.17) is 9.47 Å². The molecule has 3 heterocycles. The molecule has 24 heavy (non-hydrogen) atoms. The van der Waals surface area contributed by atoms with Crippen LogP contribution in [0.2, 0.25) is 0 Å². The summed E-state index contributed by atoms with van der Waals surface area (Å²) in [5.41, 5.74) is 2.38. The lowest BCUT2D eigenvalue weighted by Crippen LogP contribution is -2.54. The topological polar surface area (TPSA) is 59.6 Å². The van der Waals surface area contributed by atoms with E-state index in [0.717, 1.165) is 35.8 Å². The maximum absolute atomic E-state index is 12.8. The summed E-state index contributed by atoms with van der Waals surface area (Å²) in [6, 6.07) is 5.85. The van der Waals surface area contributed by atoms with Gasteiger partial charge in [-0.2, -0.15) is 0 Å². The fourth-order valence-electron chi connectivity index (χ4n) is 4.08. The van der Waals surface area contributed by atoms with Gasteiger partial charge in [0.15, 0.2) is 11.5 Å². The molecule has 1 aromatic rings. The quantitative estimate of drug-likeness (QED) is 0.820. The smallest absolute Gasteiger partial charge is 0.231 e. The molecule has 6 heteroatoms. The molecule has 1 aliphatic carbocycles. The monoisotopic (exact) mass is 344 g/mol. The molecule has 0 saturated carbocycles. The standard InChI is InChI=1S/C18H20N2O3S/c1-9-2-4-11-14(6-9)24-18-15(11)17(21)19-16(20-18)10-3-5-12-13(7-10)23-8-22-12/h3,5,7,9,15-16,18,20H,2,4,6,8H2,1H3,(H,19,21). The molecule has 1 aromatic carbocycles. The van der Waals surface area contributed by atoms with Gasteiger partial charge in [0.25, 0.3) is 0 Å². The second-order valence-electron chi connectivity index (χ2n) is 7.03. The van der Waals surface area contributed by atoms with E-state index in [0.29, 0.717) is 0 Å². The van der Waals surface area contributed by atoms with Crippen LogP contribution in [0.4, 0.5) is 0 Å². The number of carbonyl (C=O) groups excluding carboxylic acids is 1. The highest BCUT2D eigenvalue weighted by Gasteiger charge is 2.46. The van der Waals surface area contributed by atoms with E-state index >= 15 is 0 Å². The minimum Gasteiger partial charge on any atom is -0.454 e. The second-order valence-corrected chi connectivity index (χ2v) is 8.27. The molecule has 2 N–H and O–H groups in total. The summed E-state index contributed by atoms with van der Waals surface area (Å²) < 4.78 is 10.8. The van der Waals surface area contributed by atoms with Gasteiger partial charge in [-0.15, -0.1) is 11.8 Å². The van der Waals surface area contributed by atoms with E-state index in [-0.39, 0.29) is 30.2 Å². The number of benzene rings is 1. The zero-order valence-electron chi connectivity index (χ0n) is 13.5. The van der Waals surface area contributed by atoms with E-state index in [2.05, 4.69) is 17.6 Å². The molecule has 0 radical (unpaired) electrons. The average molecular weight is 344 g/mol. The predicted molar refractivity (Wildman–Crippen MR) is 91.5 cm³/mol. The van der Waals surface area contributed by atoms with E-state index in [1.807, 2.05) is 30.0 Å². The first-order valence-corrected chi connectivity index (χ1v) is 9.41. The van der Waals surface area contributed by atoms with Crippen molar-refractivity contribution in [1.82, 2.24) is 10.6 Å². The molecule has 3 aliphatic heterocycles. The molecule has 0 spiro atoms. The Morgan fingerprint density at radius 3 is 3.04 bits per heavy atom. The van der Waals surface area contributed by atoms with Crippen molar-refractivity contribution >= 4 is 17.7 Å². The van der Waals surface area contributed by atoms with Gasteiger partial charge in [-0.05, 0) is 53.4 Å². The van der Waals surface area contributed by atoms with Gasteiger partial charge in [0.1, 0.15) is 6.17 Å². The Morgan fingerprint density at radius 1 is 1.25 bits per heavy atom. The maximum atomic E-state index is 12.8. The number of rotatable bonds is 1. The maximum Gasteiger partial charge on any atom is 0.231 e. The highest BCUT2D eigenvalue weighted by atomic mass is 32.2. The molecule has 4 atom stereocenters. The van der Waals surface area contributed by atoms with Gasteiger partial charge in [0.05, 0.1) is 11.3 Å². The predicted octanol–water partition coefficient (Wildman–Crippen LogP) is 2.90. The Balaban J connectivity index is 1.39. The van der Waals surface area contributed by atoms with Gasteiger partial charge < -0.3 is 14.8 Å². The Morgan fingerprint density at radius 2 is 2.12 bits per heavy atom. The summed E-state index contributed by atoms with van der Waals surface area (Å²) in [6.45, 7) is 2.56. The molecule has 4 aliphatic rings. The lowest BCUT2D eigenvalue weighted by Gasteiger charge is -2.34. The zero-order valence-corrected chi connectivity index (χ0v) is 14.3.